The largest absolute Gasteiger partial charge is 0.493 e. The molecule has 3 aromatic rings. The van der Waals surface area contributed by atoms with Crippen LogP contribution in [0, 0.1) is 0 Å². The molecule has 0 unspecified atom stereocenters. The van der Waals surface area contributed by atoms with Crippen LogP contribution in [0.5, 0.6) is 11.5 Å². The molecule has 0 saturated heterocycles. The van der Waals surface area contributed by atoms with Gasteiger partial charge in [0.15, 0.2) is 16.6 Å². The fourth-order valence-corrected chi connectivity index (χ4v) is 3.22. The average Bonchev–Trinajstić information content (AvgIpc) is 3.17. The number of rotatable bonds is 7. The number of thiazole rings is 1. The number of benzene rings is 2. The van der Waals surface area contributed by atoms with Crippen LogP contribution < -0.4 is 25.4 Å². The predicted molar refractivity (Wildman–Crippen MR) is 114 cm³/mol. The van der Waals surface area contributed by atoms with Gasteiger partial charge >= 0.3 is 0 Å². The number of anilines is 4. The molecule has 3 N–H and O–H groups in total. The Bertz CT molecular complexity index is 1020. The third-order valence-electron chi connectivity index (χ3n) is 3.83. The minimum Gasteiger partial charge on any atom is -0.493 e. The van der Waals surface area contributed by atoms with Crippen LogP contribution in [0.3, 0.4) is 0 Å². The summed E-state index contributed by atoms with van der Waals surface area (Å²) < 4.78 is 10.5. The van der Waals surface area contributed by atoms with Crippen molar-refractivity contribution in [2.24, 2.45) is 0 Å². The van der Waals surface area contributed by atoms with Crippen LogP contribution in [0.2, 0.25) is 0 Å². The molecule has 0 atom stereocenters. The number of hydrogen-bond acceptors (Lipinski definition) is 7. The van der Waals surface area contributed by atoms with E-state index in [1.165, 1.54) is 18.3 Å². The van der Waals surface area contributed by atoms with Crippen molar-refractivity contribution in [3.8, 4) is 11.5 Å². The molecular weight excluding hydrogens is 392 g/mol. The van der Waals surface area contributed by atoms with Crippen LogP contribution >= 0.6 is 11.3 Å². The van der Waals surface area contributed by atoms with Gasteiger partial charge in [-0.3, -0.25) is 9.59 Å². The number of methoxy groups -OCH3 is 2. The molecule has 0 aliphatic heterocycles. The van der Waals surface area contributed by atoms with E-state index in [2.05, 4.69) is 20.9 Å². The quantitative estimate of drug-likeness (QED) is 0.540. The Hall–Kier alpha value is -3.59. The molecular formula is C20H20N4O4S. The number of amides is 2. The topological polar surface area (TPSA) is 102 Å². The highest BCUT2D eigenvalue weighted by Crippen LogP contribution is 2.31. The molecule has 0 fully saturated rings. The van der Waals surface area contributed by atoms with Crippen LogP contribution in [-0.2, 0) is 4.79 Å². The molecule has 150 valence electrons. The summed E-state index contributed by atoms with van der Waals surface area (Å²) >= 11 is 1.31. The lowest BCUT2D eigenvalue weighted by atomic mass is 10.2. The number of carbonyl (C=O) groups is 2. The molecule has 0 bridgehead atoms. The van der Waals surface area contributed by atoms with Gasteiger partial charge in [-0.2, -0.15) is 0 Å². The molecule has 0 aliphatic rings. The third-order valence-corrected chi connectivity index (χ3v) is 4.59. The number of nitrogens with one attached hydrogen (secondary N) is 3. The second kappa shape index (κ2) is 9.07. The van der Waals surface area contributed by atoms with Crippen molar-refractivity contribution in [3.63, 3.8) is 0 Å². The number of ether oxygens (including phenoxy) is 2. The van der Waals surface area contributed by atoms with Crippen molar-refractivity contribution in [1.82, 2.24) is 4.98 Å². The minimum absolute atomic E-state index is 0.154. The third kappa shape index (κ3) is 5.23. The van der Waals surface area contributed by atoms with Crippen LogP contribution in [0.4, 0.5) is 22.2 Å². The van der Waals surface area contributed by atoms with Crippen LogP contribution in [-0.4, -0.2) is 31.0 Å². The summed E-state index contributed by atoms with van der Waals surface area (Å²) in [7, 11) is 3.14. The Balaban J connectivity index is 1.65. The average molecular weight is 412 g/mol. The summed E-state index contributed by atoms with van der Waals surface area (Å²) in [4.78, 5) is 27.8. The van der Waals surface area contributed by atoms with Gasteiger partial charge in [-0.25, -0.2) is 4.98 Å². The first-order valence-electron chi connectivity index (χ1n) is 8.62. The van der Waals surface area contributed by atoms with Crippen molar-refractivity contribution in [1.29, 1.82) is 0 Å². The molecule has 9 heteroatoms. The summed E-state index contributed by atoms with van der Waals surface area (Å²) in [5.41, 5.74) is 2.32. The van der Waals surface area contributed by atoms with E-state index in [0.29, 0.717) is 33.7 Å². The second-order valence-corrected chi connectivity index (χ2v) is 6.80. The van der Waals surface area contributed by atoms with Gasteiger partial charge in [-0.05, 0) is 36.4 Å². The van der Waals surface area contributed by atoms with Crippen molar-refractivity contribution < 1.29 is 19.1 Å². The van der Waals surface area contributed by atoms with Crippen LogP contribution in [0.15, 0.2) is 47.8 Å². The molecule has 0 aliphatic carbocycles. The Labute approximate surface area is 171 Å². The number of hydrogen-bond donors (Lipinski definition) is 3. The van der Waals surface area contributed by atoms with Gasteiger partial charge in [-0.1, -0.05) is 0 Å². The van der Waals surface area contributed by atoms with E-state index < -0.39 is 0 Å². The summed E-state index contributed by atoms with van der Waals surface area (Å²) in [5, 5.41) is 10.8. The number of aromatic nitrogens is 1. The second-order valence-electron chi connectivity index (χ2n) is 5.95. The normalized spacial score (nSPS) is 10.2. The molecule has 0 radical (unpaired) electrons. The van der Waals surface area contributed by atoms with Gasteiger partial charge in [0.25, 0.3) is 5.91 Å². The molecule has 1 heterocycles. The molecule has 3 rings (SSSR count). The van der Waals surface area contributed by atoms with Crippen molar-refractivity contribution in [2.75, 3.05) is 30.2 Å². The fraction of sp³-hybridized carbons (Fsp3) is 0.150. The highest BCUT2D eigenvalue weighted by Gasteiger charge is 2.12. The lowest BCUT2D eigenvalue weighted by Crippen LogP contribution is -2.12. The zero-order valence-corrected chi connectivity index (χ0v) is 16.9. The van der Waals surface area contributed by atoms with E-state index in [4.69, 9.17) is 9.47 Å². The fourth-order valence-electron chi connectivity index (χ4n) is 2.51. The van der Waals surface area contributed by atoms with E-state index in [1.807, 2.05) is 6.07 Å². The van der Waals surface area contributed by atoms with Crippen molar-refractivity contribution in [2.45, 2.75) is 6.92 Å². The van der Waals surface area contributed by atoms with Gasteiger partial charge < -0.3 is 25.4 Å². The molecule has 1 aromatic heterocycles. The SMILES string of the molecule is COc1ccc(Nc2nc(C(=O)Nc3ccc(NC(C)=O)cc3)cs2)cc1OC. The van der Waals surface area contributed by atoms with Gasteiger partial charge in [-0.15, -0.1) is 11.3 Å². The molecule has 2 amide bonds. The molecule has 2 aromatic carbocycles. The first kappa shape index (κ1) is 20.2. The van der Waals surface area contributed by atoms with Crippen molar-refractivity contribution in [3.05, 3.63) is 53.5 Å². The highest BCUT2D eigenvalue weighted by atomic mass is 32.1. The summed E-state index contributed by atoms with van der Waals surface area (Å²) in [6, 6.07) is 12.2. The van der Waals surface area contributed by atoms with Gasteiger partial charge in [0.2, 0.25) is 5.91 Å². The molecule has 29 heavy (non-hydrogen) atoms. The Kier molecular flexibility index (Phi) is 6.30. The molecule has 0 spiro atoms. The first-order valence-corrected chi connectivity index (χ1v) is 9.50. The Morgan fingerprint density at radius 1 is 0.897 bits per heavy atom. The smallest absolute Gasteiger partial charge is 0.275 e. The van der Waals surface area contributed by atoms with E-state index in [1.54, 1.807) is 56.0 Å². The molecule has 0 saturated carbocycles. The summed E-state index contributed by atoms with van der Waals surface area (Å²) in [5.74, 6) is 0.740. The van der Waals surface area contributed by atoms with E-state index in [0.717, 1.165) is 5.69 Å². The maximum atomic E-state index is 12.4. The van der Waals surface area contributed by atoms with Crippen molar-refractivity contribution >= 4 is 45.3 Å². The zero-order chi connectivity index (χ0) is 20.8. The van der Waals surface area contributed by atoms with Gasteiger partial charge in [0, 0.05) is 35.4 Å². The predicted octanol–water partition coefficient (Wildman–Crippen LogP) is 4.11. The first-order chi connectivity index (χ1) is 14.0. The summed E-state index contributed by atoms with van der Waals surface area (Å²) in [6.07, 6.45) is 0. The van der Waals surface area contributed by atoms with Crippen LogP contribution in [0.25, 0.3) is 0 Å². The lowest BCUT2D eigenvalue weighted by Gasteiger charge is -2.09. The maximum Gasteiger partial charge on any atom is 0.275 e. The van der Waals surface area contributed by atoms with E-state index in [-0.39, 0.29) is 11.8 Å². The highest BCUT2D eigenvalue weighted by molar-refractivity contribution is 7.14. The number of nitrogens with zero attached hydrogens (tertiary/aromatic N) is 1. The monoisotopic (exact) mass is 412 g/mol. The van der Waals surface area contributed by atoms with Gasteiger partial charge in [0.05, 0.1) is 14.2 Å². The number of carbonyl (C=O) groups excluding carboxylic acids is 2. The Morgan fingerprint density at radius 3 is 2.14 bits per heavy atom. The maximum absolute atomic E-state index is 12.4. The summed E-state index contributed by atoms with van der Waals surface area (Å²) in [6.45, 7) is 1.44. The molecule has 8 nitrogen and oxygen atoms in total. The minimum atomic E-state index is -0.325. The van der Waals surface area contributed by atoms with Crippen LogP contribution in [0.1, 0.15) is 17.4 Å². The lowest BCUT2D eigenvalue weighted by molar-refractivity contribution is -0.114. The van der Waals surface area contributed by atoms with E-state index >= 15 is 0 Å². The Morgan fingerprint density at radius 2 is 1.52 bits per heavy atom. The van der Waals surface area contributed by atoms with E-state index in [9.17, 15) is 9.59 Å². The standard InChI is InChI=1S/C20H20N4O4S/c1-12(25)21-13-4-6-14(7-5-13)22-19(26)16-11-29-20(24-16)23-15-8-9-17(27-2)18(10-15)28-3/h4-11H,1-3H3,(H,21,25)(H,22,26)(H,23,24). The van der Waals surface area contributed by atoms with Gasteiger partial charge in [0.1, 0.15) is 5.69 Å². The zero-order valence-electron chi connectivity index (χ0n) is 16.1.